The van der Waals surface area contributed by atoms with E-state index in [9.17, 15) is 15.0 Å². The van der Waals surface area contributed by atoms with Crippen LogP contribution in [-0.2, 0) is 4.79 Å². The van der Waals surface area contributed by atoms with Crippen LogP contribution in [0, 0.1) is 0 Å². The summed E-state index contributed by atoms with van der Waals surface area (Å²) in [6.45, 7) is 4.23. The second-order valence-electron chi connectivity index (χ2n) is 12.6. The Kier molecular flexibility index (Phi) is 33.4. The van der Waals surface area contributed by atoms with Crippen molar-refractivity contribution in [2.75, 3.05) is 6.61 Å². The van der Waals surface area contributed by atoms with Crippen LogP contribution < -0.4 is 5.32 Å². The molecule has 3 N–H and O–H groups in total. The maximum absolute atomic E-state index is 12.1. The molecule has 0 bridgehead atoms. The van der Waals surface area contributed by atoms with E-state index in [-0.39, 0.29) is 12.5 Å². The first kappa shape index (κ1) is 40.9. The first-order valence-corrected chi connectivity index (χ1v) is 18.6. The van der Waals surface area contributed by atoms with Crippen molar-refractivity contribution in [2.45, 2.75) is 206 Å². The van der Waals surface area contributed by atoms with E-state index in [1.807, 2.05) is 6.08 Å². The minimum Gasteiger partial charge on any atom is -0.394 e. The van der Waals surface area contributed by atoms with Crippen LogP contribution in [0.25, 0.3) is 0 Å². The number of carbonyl (C=O) groups excluding carboxylic acids is 1. The maximum Gasteiger partial charge on any atom is 0.220 e. The zero-order chi connectivity index (χ0) is 30.8. The molecule has 4 heteroatoms. The maximum atomic E-state index is 12.1. The Morgan fingerprint density at radius 1 is 0.548 bits per heavy atom. The Labute approximate surface area is 262 Å². The first-order chi connectivity index (χ1) is 20.7. The second-order valence-corrected chi connectivity index (χ2v) is 12.6. The van der Waals surface area contributed by atoms with Gasteiger partial charge in [0, 0.05) is 6.42 Å². The van der Waals surface area contributed by atoms with Gasteiger partial charge in [-0.2, -0.15) is 0 Å². The summed E-state index contributed by atoms with van der Waals surface area (Å²) < 4.78 is 0. The third kappa shape index (κ3) is 30.3. The zero-order valence-corrected chi connectivity index (χ0v) is 28.3. The van der Waals surface area contributed by atoms with Crippen molar-refractivity contribution in [1.82, 2.24) is 5.32 Å². The molecule has 0 aromatic heterocycles. The Balaban J connectivity index is 3.52. The SMILES string of the molecule is CCCCCCCCCCCCCCCCCCCC/C=C/CC/C=C/C(O)C(CO)NC(=O)CCCCCCCC. The van der Waals surface area contributed by atoms with Crippen LogP contribution in [0.15, 0.2) is 24.3 Å². The molecule has 0 saturated heterocycles. The quantitative estimate of drug-likeness (QED) is 0.0525. The molecular formula is C38H73NO3. The van der Waals surface area contributed by atoms with Gasteiger partial charge in [0.25, 0.3) is 0 Å². The van der Waals surface area contributed by atoms with E-state index in [1.165, 1.54) is 141 Å². The van der Waals surface area contributed by atoms with E-state index in [1.54, 1.807) is 6.08 Å². The molecule has 2 atom stereocenters. The zero-order valence-electron chi connectivity index (χ0n) is 28.3. The van der Waals surface area contributed by atoms with Crippen molar-refractivity contribution in [3.05, 3.63) is 24.3 Å². The van der Waals surface area contributed by atoms with Crippen LogP contribution in [0.4, 0.5) is 0 Å². The molecule has 0 aliphatic carbocycles. The molecular weight excluding hydrogens is 518 g/mol. The lowest BCUT2D eigenvalue weighted by atomic mass is 10.0. The average Bonchev–Trinajstić information content (AvgIpc) is 2.99. The minimum absolute atomic E-state index is 0.0838. The van der Waals surface area contributed by atoms with E-state index in [2.05, 4.69) is 31.3 Å². The topological polar surface area (TPSA) is 69.6 Å². The van der Waals surface area contributed by atoms with Gasteiger partial charge >= 0.3 is 0 Å². The Morgan fingerprint density at radius 2 is 0.929 bits per heavy atom. The van der Waals surface area contributed by atoms with Crippen molar-refractivity contribution >= 4 is 5.91 Å². The fourth-order valence-electron chi connectivity index (χ4n) is 5.55. The highest BCUT2D eigenvalue weighted by Gasteiger charge is 2.17. The number of amides is 1. The van der Waals surface area contributed by atoms with Gasteiger partial charge in [0.05, 0.1) is 18.8 Å². The molecule has 0 rings (SSSR count). The van der Waals surface area contributed by atoms with Gasteiger partial charge in [0.15, 0.2) is 0 Å². The number of rotatable bonds is 33. The highest BCUT2D eigenvalue weighted by atomic mass is 16.3. The summed E-state index contributed by atoms with van der Waals surface area (Å²) in [5.41, 5.74) is 0. The molecule has 1 amide bonds. The smallest absolute Gasteiger partial charge is 0.220 e. The normalized spacial score (nSPS) is 13.3. The third-order valence-electron chi connectivity index (χ3n) is 8.44. The van der Waals surface area contributed by atoms with Gasteiger partial charge in [-0.15, -0.1) is 0 Å². The standard InChI is InChI=1S/C38H73NO3/c1-3-5-7-9-11-12-13-14-15-16-17-18-19-20-21-22-23-24-25-26-27-28-29-31-33-37(41)36(35-40)39-38(42)34-32-30-10-8-6-4-2/h26-27,31,33,36-37,40-41H,3-25,28-30,32,34-35H2,1-2H3,(H,39,42)/b27-26+,33-31+. The molecule has 248 valence electrons. The monoisotopic (exact) mass is 592 g/mol. The fraction of sp³-hybridized carbons (Fsp3) is 0.868. The van der Waals surface area contributed by atoms with Gasteiger partial charge < -0.3 is 15.5 Å². The lowest BCUT2D eigenvalue weighted by molar-refractivity contribution is -0.123. The van der Waals surface area contributed by atoms with Crippen molar-refractivity contribution in [2.24, 2.45) is 0 Å². The van der Waals surface area contributed by atoms with Gasteiger partial charge in [-0.3, -0.25) is 4.79 Å². The fourth-order valence-corrected chi connectivity index (χ4v) is 5.55. The van der Waals surface area contributed by atoms with E-state index in [0.29, 0.717) is 6.42 Å². The summed E-state index contributed by atoms with van der Waals surface area (Å²) in [5, 5.41) is 22.7. The highest BCUT2D eigenvalue weighted by molar-refractivity contribution is 5.76. The molecule has 2 unspecified atom stereocenters. The largest absolute Gasteiger partial charge is 0.394 e. The van der Waals surface area contributed by atoms with Crippen molar-refractivity contribution in [3.8, 4) is 0 Å². The number of carbonyl (C=O) groups is 1. The molecule has 42 heavy (non-hydrogen) atoms. The van der Waals surface area contributed by atoms with Crippen molar-refractivity contribution in [1.29, 1.82) is 0 Å². The number of aliphatic hydroxyl groups is 2. The number of hydrogen-bond donors (Lipinski definition) is 3. The number of aliphatic hydroxyl groups excluding tert-OH is 2. The minimum atomic E-state index is -0.854. The van der Waals surface area contributed by atoms with Crippen LogP contribution in [0.5, 0.6) is 0 Å². The van der Waals surface area contributed by atoms with E-state index < -0.39 is 12.1 Å². The number of nitrogens with one attached hydrogen (secondary N) is 1. The van der Waals surface area contributed by atoms with Crippen LogP contribution in [0.3, 0.4) is 0 Å². The van der Waals surface area contributed by atoms with Crippen molar-refractivity contribution in [3.63, 3.8) is 0 Å². The molecule has 0 aliphatic rings. The molecule has 0 radical (unpaired) electrons. The Morgan fingerprint density at radius 3 is 1.38 bits per heavy atom. The van der Waals surface area contributed by atoms with Gasteiger partial charge in [-0.1, -0.05) is 179 Å². The molecule has 0 saturated carbocycles. The molecule has 0 fully saturated rings. The highest BCUT2D eigenvalue weighted by Crippen LogP contribution is 2.15. The molecule has 0 heterocycles. The summed E-state index contributed by atoms with van der Waals surface area (Å²) in [4.78, 5) is 12.1. The van der Waals surface area contributed by atoms with E-state index in [4.69, 9.17) is 0 Å². The summed E-state index contributed by atoms with van der Waals surface area (Å²) in [7, 11) is 0. The predicted octanol–water partition coefficient (Wildman–Crippen LogP) is 10.9. The lowest BCUT2D eigenvalue weighted by Crippen LogP contribution is -2.45. The van der Waals surface area contributed by atoms with Gasteiger partial charge in [-0.25, -0.2) is 0 Å². The lowest BCUT2D eigenvalue weighted by Gasteiger charge is -2.19. The second kappa shape index (κ2) is 34.4. The van der Waals surface area contributed by atoms with Gasteiger partial charge in [0.1, 0.15) is 0 Å². The molecule has 0 spiro atoms. The van der Waals surface area contributed by atoms with Gasteiger partial charge in [0.2, 0.25) is 5.91 Å². The van der Waals surface area contributed by atoms with Crippen LogP contribution >= 0.6 is 0 Å². The van der Waals surface area contributed by atoms with Crippen molar-refractivity contribution < 1.29 is 15.0 Å². The molecule has 0 aromatic carbocycles. The molecule has 4 nitrogen and oxygen atoms in total. The van der Waals surface area contributed by atoms with E-state index in [0.717, 1.165) is 32.1 Å². The van der Waals surface area contributed by atoms with Crippen LogP contribution in [0.2, 0.25) is 0 Å². The first-order valence-electron chi connectivity index (χ1n) is 18.6. The number of unbranched alkanes of at least 4 members (excludes halogenated alkanes) is 24. The predicted molar refractivity (Wildman–Crippen MR) is 184 cm³/mol. The Bertz CT molecular complexity index is 603. The summed E-state index contributed by atoms with van der Waals surface area (Å²) >= 11 is 0. The number of allylic oxidation sites excluding steroid dienone is 3. The van der Waals surface area contributed by atoms with Gasteiger partial charge in [-0.05, 0) is 32.1 Å². The summed E-state index contributed by atoms with van der Waals surface area (Å²) in [5.74, 6) is -0.0838. The number of hydrogen-bond acceptors (Lipinski definition) is 3. The summed E-state index contributed by atoms with van der Waals surface area (Å²) in [6, 6.07) is -0.631. The van der Waals surface area contributed by atoms with Crippen LogP contribution in [0.1, 0.15) is 194 Å². The average molecular weight is 592 g/mol. The van der Waals surface area contributed by atoms with E-state index >= 15 is 0 Å². The molecule has 0 aromatic rings. The summed E-state index contributed by atoms with van der Waals surface area (Å²) in [6.07, 6.45) is 43.0. The third-order valence-corrected chi connectivity index (χ3v) is 8.44. The molecule has 0 aliphatic heterocycles. The Hall–Kier alpha value is -1.13. The van der Waals surface area contributed by atoms with Crippen LogP contribution in [-0.4, -0.2) is 34.9 Å².